The first-order valence-corrected chi connectivity index (χ1v) is 6.99. The van der Waals surface area contributed by atoms with Crippen molar-refractivity contribution < 1.29 is 4.79 Å². The molecule has 19 heavy (non-hydrogen) atoms. The Morgan fingerprint density at radius 2 is 2.21 bits per heavy atom. The molecule has 0 aliphatic carbocycles. The Bertz CT molecular complexity index is 476. The predicted molar refractivity (Wildman–Crippen MR) is 74.2 cm³/mol. The van der Waals surface area contributed by atoms with Crippen LogP contribution in [0.1, 0.15) is 29.6 Å². The lowest BCUT2D eigenvalue weighted by molar-refractivity contribution is 0.1000. The van der Waals surface area contributed by atoms with Crippen LogP contribution in [0.15, 0.2) is 18.3 Å². The molecule has 2 saturated heterocycles. The topological polar surface area (TPSA) is 62.5 Å². The summed E-state index contributed by atoms with van der Waals surface area (Å²) in [6.07, 6.45) is 5.59. The monoisotopic (exact) mass is 260 g/mol. The highest BCUT2D eigenvalue weighted by atomic mass is 16.1. The number of carbonyl (C=O) groups excluding carboxylic acids is 1. The highest BCUT2D eigenvalue weighted by molar-refractivity contribution is 5.93. The third kappa shape index (κ3) is 2.56. The number of primary amides is 1. The predicted octanol–water partition coefficient (Wildman–Crippen LogP) is 0.855. The van der Waals surface area contributed by atoms with Gasteiger partial charge in [-0.1, -0.05) is 6.42 Å². The van der Waals surface area contributed by atoms with Crippen LogP contribution in [0.2, 0.25) is 0 Å². The molecule has 0 saturated carbocycles. The van der Waals surface area contributed by atoms with Crippen LogP contribution in [0.3, 0.4) is 0 Å². The summed E-state index contributed by atoms with van der Waals surface area (Å²) >= 11 is 0. The molecule has 0 spiro atoms. The van der Waals surface area contributed by atoms with Gasteiger partial charge >= 0.3 is 0 Å². The number of rotatable bonds is 2. The maximum absolute atomic E-state index is 11.2. The zero-order valence-electron chi connectivity index (χ0n) is 11.1. The lowest BCUT2D eigenvalue weighted by Gasteiger charge is -2.44. The molecule has 1 atom stereocenters. The van der Waals surface area contributed by atoms with Crippen molar-refractivity contribution >= 4 is 11.7 Å². The van der Waals surface area contributed by atoms with Gasteiger partial charge in [0.2, 0.25) is 5.91 Å². The van der Waals surface area contributed by atoms with E-state index in [2.05, 4.69) is 14.8 Å². The first-order valence-electron chi connectivity index (χ1n) is 6.99. The summed E-state index contributed by atoms with van der Waals surface area (Å²) in [6.45, 7) is 4.31. The van der Waals surface area contributed by atoms with Crippen molar-refractivity contribution in [3.05, 3.63) is 23.9 Å². The third-order valence-electron chi connectivity index (χ3n) is 4.19. The van der Waals surface area contributed by atoms with Gasteiger partial charge in [-0.3, -0.25) is 9.69 Å². The molecule has 2 aliphatic rings. The fourth-order valence-electron chi connectivity index (χ4n) is 3.11. The molecule has 2 N–H and O–H groups in total. The molecule has 5 nitrogen and oxygen atoms in total. The summed E-state index contributed by atoms with van der Waals surface area (Å²) < 4.78 is 0. The van der Waals surface area contributed by atoms with Crippen LogP contribution < -0.4 is 10.6 Å². The van der Waals surface area contributed by atoms with Crippen molar-refractivity contribution in [3.8, 4) is 0 Å². The molecule has 1 amide bonds. The van der Waals surface area contributed by atoms with E-state index in [-0.39, 0.29) is 5.91 Å². The quantitative estimate of drug-likeness (QED) is 0.856. The number of hydrogen-bond acceptors (Lipinski definition) is 4. The molecular formula is C14H20N4O. The number of nitrogens with zero attached hydrogens (tertiary/aromatic N) is 3. The summed E-state index contributed by atoms with van der Waals surface area (Å²) in [4.78, 5) is 20.5. The molecule has 3 rings (SSSR count). The van der Waals surface area contributed by atoms with Gasteiger partial charge < -0.3 is 10.6 Å². The van der Waals surface area contributed by atoms with E-state index >= 15 is 0 Å². The largest absolute Gasteiger partial charge is 0.366 e. The van der Waals surface area contributed by atoms with Crippen molar-refractivity contribution in [2.75, 3.05) is 31.1 Å². The van der Waals surface area contributed by atoms with Crippen LogP contribution in [-0.2, 0) is 0 Å². The molecule has 0 bridgehead atoms. The van der Waals surface area contributed by atoms with Gasteiger partial charge in [0.25, 0.3) is 0 Å². The molecule has 2 fully saturated rings. The Morgan fingerprint density at radius 3 is 3.05 bits per heavy atom. The number of carbonyl (C=O) groups is 1. The van der Waals surface area contributed by atoms with Crippen LogP contribution in [0, 0.1) is 0 Å². The highest BCUT2D eigenvalue weighted by Crippen LogP contribution is 2.24. The lowest BCUT2D eigenvalue weighted by Crippen LogP contribution is -2.55. The Balaban J connectivity index is 1.75. The number of pyridine rings is 1. The maximum Gasteiger partial charge on any atom is 0.248 e. The minimum Gasteiger partial charge on any atom is -0.366 e. The van der Waals surface area contributed by atoms with Gasteiger partial charge in [-0.2, -0.15) is 0 Å². The van der Waals surface area contributed by atoms with Crippen LogP contribution in [0.5, 0.6) is 0 Å². The average Bonchev–Trinajstić information content (AvgIpc) is 2.47. The number of nitrogens with two attached hydrogens (primary N) is 1. The normalized spacial score (nSPS) is 24.0. The molecule has 5 heteroatoms. The van der Waals surface area contributed by atoms with Crippen LogP contribution in [-0.4, -0.2) is 48.0 Å². The second kappa shape index (κ2) is 5.17. The minimum atomic E-state index is -0.389. The summed E-state index contributed by atoms with van der Waals surface area (Å²) in [5.41, 5.74) is 5.86. The van der Waals surface area contributed by atoms with Gasteiger partial charge in [0.1, 0.15) is 5.82 Å². The molecule has 102 valence electrons. The second-order valence-corrected chi connectivity index (χ2v) is 5.40. The molecule has 1 aromatic heterocycles. The molecule has 0 aromatic carbocycles. The van der Waals surface area contributed by atoms with Gasteiger partial charge in [-0.05, 0) is 31.5 Å². The Labute approximate surface area is 113 Å². The average molecular weight is 260 g/mol. The summed E-state index contributed by atoms with van der Waals surface area (Å²) in [7, 11) is 0. The van der Waals surface area contributed by atoms with Crippen molar-refractivity contribution in [1.82, 2.24) is 9.88 Å². The minimum absolute atomic E-state index is 0.389. The van der Waals surface area contributed by atoms with Gasteiger partial charge in [-0.25, -0.2) is 4.98 Å². The highest BCUT2D eigenvalue weighted by Gasteiger charge is 2.29. The zero-order valence-corrected chi connectivity index (χ0v) is 11.1. The van der Waals surface area contributed by atoms with E-state index in [1.54, 1.807) is 18.3 Å². The second-order valence-electron chi connectivity index (χ2n) is 5.40. The van der Waals surface area contributed by atoms with E-state index in [9.17, 15) is 4.79 Å². The van der Waals surface area contributed by atoms with Gasteiger partial charge in [0, 0.05) is 37.4 Å². The number of anilines is 1. The smallest absolute Gasteiger partial charge is 0.248 e. The molecule has 0 radical (unpaired) electrons. The standard InChI is InChI=1S/C14H20N4O/c15-14(19)11-4-5-16-13(9-11)18-8-7-17-6-2-1-3-12(17)10-18/h4-5,9,12H,1-3,6-8,10H2,(H2,15,19)/t12-/m0/s1. The Hall–Kier alpha value is -1.62. The SMILES string of the molecule is NC(=O)c1ccnc(N2CCN3CCCC[C@H]3C2)c1. The van der Waals surface area contributed by atoms with Gasteiger partial charge in [0.05, 0.1) is 0 Å². The Morgan fingerprint density at radius 1 is 1.32 bits per heavy atom. The van der Waals surface area contributed by atoms with Crippen molar-refractivity contribution in [3.63, 3.8) is 0 Å². The van der Waals surface area contributed by atoms with Crippen molar-refractivity contribution in [1.29, 1.82) is 0 Å². The van der Waals surface area contributed by atoms with E-state index in [0.29, 0.717) is 11.6 Å². The molecule has 2 aliphatic heterocycles. The van der Waals surface area contributed by atoms with Gasteiger partial charge in [0.15, 0.2) is 0 Å². The molecule has 1 aromatic rings. The number of fused-ring (bicyclic) bond motifs is 1. The van der Waals surface area contributed by atoms with E-state index < -0.39 is 0 Å². The number of piperidine rings is 1. The third-order valence-corrected chi connectivity index (χ3v) is 4.19. The van der Waals surface area contributed by atoms with E-state index in [1.165, 1.54) is 25.8 Å². The van der Waals surface area contributed by atoms with E-state index in [1.807, 2.05) is 0 Å². The summed E-state index contributed by atoms with van der Waals surface area (Å²) in [5.74, 6) is 0.487. The number of piperazine rings is 1. The van der Waals surface area contributed by atoms with Crippen molar-refractivity contribution in [2.24, 2.45) is 5.73 Å². The molecular weight excluding hydrogens is 240 g/mol. The van der Waals surface area contributed by atoms with Crippen LogP contribution in [0.4, 0.5) is 5.82 Å². The number of hydrogen-bond donors (Lipinski definition) is 1. The van der Waals surface area contributed by atoms with Crippen LogP contribution in [0.25, 0.3) is 0 Å². The van der Waals surface area contributed by atoms with Crippen LogP contribution >= 0.6 is 0 Å². The van der Waals surface area contributed by atoms with E-state index in [0.717, 1.165) is 25.5 Å². The first-order chi connectivity index (χ1) is 9.24. The molecule has 3 heterocycles. The molecule has 0 unspecified atom stereocenters. The van der Waals surface area contributed by atoms with E-state index in [4.69, 9.17) is 5.73 Å². The fraction of sp³-hybridized carbons (Fsp3) is 0.571. The lowest BCUT2D eigenvalue weighted by atomic mass is 9.99. The number of aromatic nitrogens is 1. The summed E-state index contributed by atoms with van der Waals surface area (Å²) in [6, 6.07) is 4.12. The number of amides is 1. The zero-order chi connectivity index (χ0) is 13.2. The summed E-state index contributed by atoms with van der Waals surface area (Å²) in [5, 5.41) is 0. The Kier molecular flexibility index (Phi) is 3.38. The fourth-order valence-corrected chi connectivity index (χ4v) is 3.11. The first kappa shape index (κ1) is 12.4. The maximum atomic E-state index is 11.2. The van der Waals surface area contributed by atoms with Gasteiger partial charge in [-0.15, -0.1) is 0 Å². The van der Waals surface area contributed by atoms with Crippen molar-refractivity contribution in [2.45, 2.75) is 25.3 Å².